The van der Waals surface area contributed by atoms with Crippen molar-refractivity contribution in [1.82, 2.24) is 0 Å². The van der Waals surface area contributed by atoms with Crippen molar-refractivity contribution in [2.45, 2.75) is 33.4 Å². The third-order valence-electron chi connectivity index (χ3n) is 8.54. The Morgan fingerprint density at radius 2 is 1.00 bits per heavy atom. The second kappa shape index (κ2) is 16.8. The molecule has 6 N–H and O–H groups in total. The van der Waals surface area contributed by atoms with Gasteiger partial charge in [-0.25, -0.2) is 16.8 Å². The third-order valence-corrected chi connectivity index (χ3v) is 11.6. The number of fused-ring (bicyclic) bond motifs is 2. The molecule has 0 spiro atoms. The van der Waals surface area contributed by atoms with Gasteiger partial charge in [0.15, 0.2) is 11.5 Å². The van der Waals surface area contributed by atoms with Crippen LogP contribution in [0.15, 0.2) is 113 Å². The molecule has 6 rings (SSSR count). The summed E-state index contributed by atoms with van der Waals surface area (Å²) in [5.74, 6) is -1.18. The number of azo groups is 2. The monoisotopic (exact) mass is 868 g/mol. The number of phenolic OH excluding ortho intramolecular Hbond substituents is 2. The Balaban J connectivity index is 1.27. The van der Waals surface area contributed by atoms with Crippen LogP contribution in [-0.2, 0) is 39.0 Å². The first kappa shape index (κ1) is 42.1. The van der Waals surface area contributed by atoms with Gasteiger partial charge in [-0.05, 0) is 84.6 Å². The molecule has 0 bridgehead atoms. The minimum Gasteiger partial charge on any atom is -0.744 e. The fourth-order valence-electron chi connectivity index (χ4n) is 5.84. The van der Waals surface area contributed by atoms with Gasteiger partial charge >= 0.3 is 0 Å². The molecule has 0 radical (unpaired) electrons. The fourth-order valence-corrected chi connectivity index (χ4v) is 8.31. The van der Waals surface area contributed by atoms with E-state index in [-0.39, 0.29) is 38.0 Å². The molecule has 20 nitrogen and oxygen atoms in total. The van der Waals surface area contributed by atoms with Gasteiger partial charge < -0.3 is 41.3 Å². The molecule has 24 heteroatoms. The van der Waals surface area contributed by atoms with Crippen LogP contribution < -0.4 is 22.0 Å². The average Bonchev–Trinajstić information content (AvgIpc) is 3.16. The van der Waals surface area contributed by atoms with Crippen LogP contribution in [-0.4, -0.2) is 36.2 Å². The molecule has 0 amide bonds. The first-order valence-electron chi connectivity index (χ1n) is 15.8. The summed E-state index contributed by atoms with van der Waals surface area (Å²) in [7, 11) is -10.7. The highest BCUT2D eigenvalue weighted by Gasteiger charge is 2.22. The van der Waals surface area contributed by atoms with Gasteiger partial charge in [0.1, 0.15) is 31.6 Å². The number of nitrogen functional groups attached to an aromatic ring is 2. The van der Waals surface area contributed by atoms with Crippen LogP contribution in [0.1, 0.15) is 11.1 Å². The zero-order valence-corrected chi connectivity index (χ0v) is 32.6. The van der Waals surface area contributed by atoms with Crippen LogP contribution >= 0.6 is 24.1 Å². The molecule has 6 aromatic carbocycles. The maximum Gasteiger partial charge on any atom is 0.153 e. The van der Waals surface area contributed by atoms with Crippen molar-refractivity contribution in [1.29, 1.82) is 0 Å². The molecular formula is C34H24N6O14S4-4. The van der Waals surface area contributed by atoms with Crippen LogP contribution in [0.5, 0.6) is 11.5 Å². The highest BCUT2D eigenvalue weighted by atomic mass is 32.2. The summed E-state index contributed by atoms with van der Waals surface area (Å²) in [6, 6.07) is 17.5. The van der Waals surface area contributed by atoms with Gasteiger partial charge in [0, 0.05) is 15.7 Å². The minimum atomic E-state index is -5.36. The molecule has 58 heavy (non-hydrogen) atoms. The van der Waals surface area contributed by atoms with E-state index >= 15 is 0 Å². The van der Waals surface area contributed by atoms with E-state index < -0.39 is 52.2 Å². The molecule has 302 valence electrons. The Kier molecular flexibility index (Phi) is 12.2. The predicted molar refractivity (Wildman–Crippen MR) is 202 cm³/mol. The Labute approximate surface area is 336 Å². The third kappa shape index (κ3) is 8.53. The van der Waals surface area contributed by atoms with Crippen LogP contribution in [0.25, 0.3) is 32.7 Å². The first-order chi connectivity index (χ1) is 27.4. The van der Waals surface area contributed by atoms with E-state index in [0.29, 0.717) is 58.0 Å². The Morgan fingerprint density at radius 1 is 0.569 bits per heavy atom. The van der Waals surface area contributed by atoms with Crippen LogP contribution in [0, 0.1) is 13.8 Å². The topological polar surface area (TPSA) is 339 Å². The van der Waals surface area contributed by atoms with Crippen LogP contribution in [0.4, 0.5) is 34.1 Å². The Morgan fingerprint density at radius 3 is 1.47 bits per heavy atom. The molecular weight excluding hydrogens is 845 g/mol. The molecule has 0 aliphatic heterocycles. The van der Waals surface area contributed by atoms with Gasteiger partial charge in [0.05, 0.1) is 72.3 Å². The maximum absolute atomic E-state index is 11.9. The molecule has 0 saturated carbocycles. The van der Waals surface area contributed by atoms with E-state index in [0.717, 1.165) is 23.3 Å². The second-order valence-electron chi connectivity index (χ2n) is 12.0. The number of nitrogens with zero attached hydrogens (tertiary/aromatic N) is 4. The number of hydrogen-bond acceptors (Lipinski definition) is 22. The number of aryl methyl sites for hydroxylation is 2. The molecule has 0 saturated heterocycles. The molecule has 0 aliphatic carbocycles. The molecule has 0 atom stereocenters. The number of benzene rings is 6. The summed E-state index contributed by atoms with van der Waals surface area (Å²) in [4.78, 5) is -1.84. The van der Waals surface area contributed by atoms with E-state index in [2.05, 4.69) is 39.2 Å². The summed E-state index contributed by atoms with van der Waals surface area (Å²) in [5, 5.41) is 65.9. The van der Waals surface area contributed by atoms with E-state index in [9.17, 15) is 46.7 Å². The molecule has 0 unspecified atom stereocenters. The molecule has 0 heterocycles. The zero-order valence-electron chi connectivity index (χ0n) is 29.3. The number of anilines is 2. The zero-order chi connectivity index (χ0) is 42.1. The summed E-state index contributed by atoms with van der Waals surface area (Å²) in [6.07, 6.45) is 0. The highest BCUT2D eigenvalue weighted by Crippen LogP contribution is 2.47. The SMILES string of the molecule is Cc1cc(-c2ccc(N=Nc3ccc4c(S(=O)(=O)[O-])cc(S(=O)(=O)[O-])c(N)c4c3O)c(C)c2)ccc1N=Nc1ccc2c(SOO[O-])cc(SOO[O-])c(N)c2c1O. The van der Waals surface area contributed by atoms with E-state index in [1.165, 1.54) is 12.1 Å². The fraction of sp³-hybridized carbons (Fsp3) is 0.0588. The van der Waals surface area contributed by atoms with Crippen molar-refractivity contribution in [2.75, 3.05) is 11.5 Å². The van der Waals surface area contributed by atoms with Gasteiger partial charge in [-0.15, -0.1) is 10.2 Å². The maximum atomic E-state index is 11.9. The number of nitrogens with two attached hydrogens (primary N) is 2. The number of aromatic hydroxyl groups is 2. The summed E-state index contributed by atoms with van der Waals surface area (Å²) in [6.45, 7) is 3.53. The normalized spacial score (nSPS) is 12.4. The van der Waals surface area contributed by atoms with Crippen molar-refractivity contribution >= 4 is 100.0 Å². The number of rotatable bonds is 13. The van der Waals surface area contributed by atoms with Crippen LogP contribution in [0.2, 0.25) is 0 Å². The lowest BCUT2D eigenvalue weighted by Gasteiger charge is -2.18. The molecule has 0 aromatic heterocycles. The standard InChI is InChI=1S/C34H28N6O14S4/c1-15-11-17(3-7-21(15)37-39-23-9-5-19-25(55-53-51-43)13-26(56-54-52-44)31(35)29(19)33(23)41)18-4-8-22(16(2)12-18)38-40-24-10-6-20-27(57(45,46)47)14-28(58(48,49)50)32(36)30(20)34(24)42/h3-14,41-44H,35-36H2,1-2H3,(H,45,46,47)(H,48,49,50)/p-4. The summed E-state index contributed by atoms with van der Waals surface area (Å²) in [5.41, 5.74) is 14.8. The summed E-state index contributed by atoms with van der Waals surface area (Å²) < 4.78 is 79.8. The number of hydrogen-bond donors (Lipinski definition) is 4. The molecule has 6 aromatic rings. The van der Waals surface area contributed by atoms with Crippen molar-refractivity contribution in [3.05, 3.63) is 83.9 Å². The van der Waals surface area contributed by atoms with Gasteiger partial charge in [0.2, 0.25) is 0 Å². The molecule has 0 aliphatic rings. The van der Waals surface area contributed by atoms with Gasteiger partial charge in [-0.1, -0.05) is 24.3 Å². The minimum absolute atomic E-state index is 0.00368. The van der Waals surface area contributed by atoms with Crippen LogP contribution in [0.3, 0.4) is 0 Å². The van der Waals surface area contributed by atoms with E-state index in [1.807, 2.05) is 6.07 Å². The Hall–Kier alpha value is -5.48. The quantitative estimate of drug-likeness (QED) is 0.0260. The first-order valence-corrected chi connectivity index (χ1v) is 20.1. The average molecular weight is 869 g/mol. The van der Waals surface area contributed by atoms with Crippen molar-refractivity contribution in [2.24, 2.45) is 20.5 Å². The van der Waals surface area contributed by atoms with E-state index in [4.69, 9.17) is 11.5 Å². The van der Waals surface area contributed by atoms with Crippen molar-refractivity contribution in [3.8, 4) is 22.6 Å². The van der Waals surface area contributed by atoms with Crippen molar-refractivity contribution in [3.63, 3.8) is 0 Å². The number of phenols is 2. The van der Waals surface area contributed by atoms with Crippen molar-refractivity contribution < 1.29 is 65.4 Å². The lowest BCUT2D eigenvalue weighted by Crippen LogP contribution is -2.08. The van der Waals surface area contributed by atoms with E-state index in [1.54, 1.807) is 50.2 Å². The largest absolute Gasteiger partial charge is 0.744 e. The lowest BCUT2D eigenvalue weighted by molar-refractivity contribution is -0.777. The van der Waals surface area contributed by atoms with Gasteiger partial charge in [-0.3, -0.25) is 10.1 Å². The predicted octanol–water partition coefficient (Wildman–Crippen LogP) is 5.95. The smallest absolute Gasteiger partial charge is 0.153 e. The lowest BCUT2D eigenvalue weighted by atomic mass is 10.0. The molecule has 0 fully saturated rings. The summed E-state index contributed by atoms with van der Waals surface area (Å²) >= 11 is 0.984. The van der Waals surface area contributed by atoms with Gasteiger partial charge in [0.25, 0.3) is 0 Å². The Bertz CT molecular complexity index is 2910. The van der Waals surface area contributed by atoms with Gasteiger partial charge in [-0.2, -0.15) is 18.9 Å². The second-order valence-corrected chi connectivity index (χ2v) is 16.2. The highest BCUT2D eigenvalue weighted by molar-refractivity contribution is 7.95.